The van der Waals surface area contributed by atoms with Crippen LogP contribution in [-0.4, -0.2) is 28.4 Å². The van der Waals surface area contributed by atoms with Gasteiger partial charge in [0.2, 0.25) is 0 Å². The summed E-state index contributed by atoms with van der Waals surface area (Å²) in [6.07, 6.45) is 2.22. The maximum Gasteiger partial charge on any atom is 0.323 e. The molecule has 4 nitrogen and oxygen atoms in total. The standard InChI is InChI=1S/C13H21NO3S/c1-9(2)14-13(4,12(15)16)6-8-18-11-5-7-17-10(11)3/h5,7,9,14H,6,8H2,1-4H3,(H,15,16). The van der Waals surface area contributed by atoms with E-state index in [-0.39, 0.29) is 6.04 Å². The van der Waals surface area contributed by atoms with Crippen molar-refractivity contribution in [2.45, 2.75) is 50.6 Å². The van der Waals surface area contributed by atoms with Crippen molar-refractivity contribution < 1.29 is 14.3 Å². The molecule has 0 amide bonds. The van der Waals surface area contributed by atoms with Gasteiger partial charge in [-0.15, -0.1) is 11.8 Å². The van der Waals surface area contributed by atoms with Crippen molar-refractivity contribution in [2.75, 3.05) is 5.75 Å². The number of hydrogen-bond acceptors (Lipinski definition) is 4. The highest BCUT2D eigenvalue weighted by Gasteiger charge is 2.32. The van der Waals surface area contributed by atoms with E-state index in [2.05, 4.69) is 5.32 Å². The fraction of sp³-hybridized carbons (Fsp3) is 0.615. The highest BCUT2D eigenvalue weighted by molar-refractivity contribution is 7.99. The van der Waals surface area contributed by atoms with Crippen LogP contribution in [0, 0.1) is 6.92 Å². The lowest BCUT2D eigenvalue weighted by Gasteiger charge is -2.28. The van der Waals surface area contributed by atoms with E-state index in [1.54, 1.807) is 24.9 Å². The molecule has 0 aromatic carbocycles. The average Bonchev–Trinajstić information content (AvgIpc) is 2.63. The van der Waals surface area contributed by atoms with Crippen molar-refractivity contribution >= 4 is 17.7 Å². The van der Waals surface area contributed by atoms with Crippen LogP contribution in [0.4, 0.5) is 0 Å². The first-order valence-corrected chi connectivity index (χ1v) is 7.01. The molecule has 0 fully saturated rings. The highest BCUT2D eigenvalue weighted by Crippen LogP contribution is 2.26. The average molecular weight is 271 g/mol. The van der Waals surface area contributed by atoms with Crippen LogP contribution in [0.1, 0.15) is 33.0 Å². The Morgan fingerprint density at radius 2 is 2.28 bits per heavy atom. The molecule has 102 valence electrons. The molecule has 0 radical (unpaired) electrons. The lowest BCUT2D eigenvalue weighted by molar-refractivity contribution is -0.144. The lowest BCUT2D eigenvalue weighted by Crippen LogP contribution is -2.52. The Balaban J connectivity index is 2.53. The zero-order valence-corrected chi connectivity index (χ0v) is 12.1. The molecule has 0 aliphatic carbocycles. The number of rotatable bonds is 7. The minimum atomic E-state index is -0.876. The van der Waals surface area contributed by atoms with Crippen molar-refractivity contribution in [2.24, 2.45) is 0 Å². The monoisotopic (exact) mass is 271 g/mol. The fourth-order valence-electron chi connectivity index (χ4n) is 1.77. The molecule has 2 N–H and O–H groups in total. The third-order valence-corrected chi connectivity index (χ3v) is 3.89. The van der Waals surface area contributed by atoms with E-state index in [9.17, 15) is 9.90 Å². The predicted octanol–water partition coefficient (Wildman–Crippen LogP) is 2.91. The van der Waals surface area contributed by atoms with Crippen molar-refractivity contribution in [3.05, 3.63) is 18.1 Å². The van der Waals surface area contributed by atoms with Crippen molar-refractivity contribution in [3.63, 3.8) is 0 Å². The van der Waals surface area contributed by atoms with Gasteiger partial charge >= 0.3 is 5.97 Å². The Morgan fingerprint density at radius 3 is 2.72 bits per heavy atom. The smallest absolute Gasteiger partial charge is 0.323 e. The number of aryl methyl sites for hydroxylation is 1. The highest BCUT2D eigenvalue weighted by atomic mass is 32.2. The van der Waals surface area contributed by atoms with Gasteiger partial charge in [0.1, 0.15) is 11.3 Å². The Hall–Kier alpha value is -0.940. The molecule has 0 bridgehead atoms. The molecule has 18 heavy (non-hydrogen) atoms. The van der Waals surface area contributed by atoms with Gasteiger partial charge in [-0.05, 0) is 40.2 Å². The summed E-state index contributed by atoms with van der Waals surface area (Å²) < 4.78 is 5.21. The molecular weight excluding hydrogens is 250 g/mol. The lowest BCUT2D eigenvalue weighted by atomic mass is 9.98. The van der Waals surface area contributed by atoms with Gasteiger partial charge in [0.25, 0.3) is 0 Å². The molecule has 0 spiro atoms. The number of carboxylic acid groups (broad SMARTS) is 1. The molecule has 5 heteroatoms. The summed E-state index contributed by atoms with van der Waals surface area (Å²) in [5.41, 5.74) is -0.876. The van der Waals surface area contributed by atoms with Crippen LogP contribution in [0.2, 0.25) is 0 Å². The van der Waals surface area contributed by atoms with E-state index >= 15 is 0 Å². The van der Waals surface area contributed by atoms with E-state index in [0.29, 0.717) is 6.42 Å². The Labute approximate surface area is 112 Å². The maximum absolute atomic E-state index is 11.3. The van der Waals surface area contributed by atoms with Gasteiger partial charge in [-0.2, -0.15) is 0 Å². The first kappa shape index (κ1) is 15.1. The van der Waals surface area contributed by atoms with Gasteiger partial charge < -0.3 is 9.52 Å². The first-order chi connectivity index (χ1) is 8.35. The van der Waals surface area contributed by atoms with E-state index in [0.717, 1.165) is 16.4 Å². The zero-order chi connectivity index (χ0) is 13.8. The van der Waals surface area contributed by atoms with Crippen LogP contribution in [0.3, 0.4) is 0 Å². The van der Waals surface area contributed by atoms with Crippen LogP contribution in [0.25, 0.3) is 0 Å². The van der Waals surface area contributed by atoms with Crippen LogP contribution in [-0.2, 0) is 4.79 Å². The van der Waals surface area contributed by atoms with Crippen molar-refractivity contribution in [1.82, 2.24) is 5.32 Å². The number of hydrogen-bond donors (Lipinski definition) is 2. The molecule has 1 heterocycles. The number of thioether (sulfide) groups is 1. The van der Waals surface area contributed by atoms with E-state index in [1.807, 2.05) is 26.8 Å². The van der Waals surface area contributed by atoms with Crippen LogP contribution >= 0.6 is 11.8 Å². The topological polar surface area (TPSA) is 62.5 Å². The van der Waals surface area contributed by atoms with Gasteiger partial charge in [-0.1, -0.05) is 0 Å². The summed E-state index contributed by atoms with van der Waals surface area (Å²) in [5, 5.41) is 12.4. The molecule has 1 rings (SSSR count). The zero-order valence-electron chi connectivity index (χ0n) is 11.3. The van der Waals surface area contributed by atoms with Crippen LogP contribution < -0.4 is 5.32 Å². The number of aliphatic carboxylic acids is 1. The summed E-state index contributed by atoms with van der Waals surface area (Å²) in [6.45, 7) is 7.55. The van der Waals surface area contributed by atoms with Gasteiger partial charge in [0.15, 0.2) is 0 Å². The third-order valence-electron chi connectivity index (χ3n) is 2.75. The van der Waals surface area contributed by atoms with E-state index in [4.69, 9.17) is 4.42 Å². The Kier molecular flexibility index (Phi) is 5.28. The van der Waals surface area contributed by atoms with E-state index < -0.39 is 11.5 Å². The summed E-state index contributed by atoms with van der Waals surface area (Å²) in [5.74, 6) is 0.817. The summed E-state index contributed by atoms with van der Waals surface area (Å²) >= 11 is 1.63. The molecule has 0 saturated carbocycles. The maximum atomic E-state index is 11.3. The van der Waals surface area contributed by atoms with Gasteiger partial charge in [-0.3, -0.25) is 10.1 Å². The SMILES string of the molecule is Cc1occc1SCCC(C)(NC(C)C)C(=O)O. The van der Waals surface area contributed by atoms with Gasteiger partial charge in [0, 0.05) is 16.7 Å². The molecule has 1 atom stereocenters. The van der Waals surface area contributed by atoms with Crippen LogP contribution in [0.5, 0.6) is 0 Å². The molecule has 0 saturated heterocycles. The minimum absolute atomic E-state index is 0.145. The largest absolute Gasteiger partial charge is 0.480 e. The second kappa shape index (κ2) is 6.29. The third kappa shape index (κ3) is 4.07. The van der Waals surface area contributed by atoms with Crippen molar-refractivity contribution in [1.29, 1.82) is 0 Å². The Morgan fingerprint density at radius 1 is 1.61 bits per heavy atom. The molecule has 1 unspecified atom stereocenters. The summed E-state index contributed by atoms with van der Waals surface area (Å²) in [7, 11) is 0. The number of carbonyl (C=O) groups is 1. The molecular formula is C13H21NO3S. The molecule has 1 aromatic rings. The second-order valence-electron chi connectivity index (χ2n) is 4.88. The van der Waals surface area contributed by atoms with Gasteiger partial charge in [0.05, 0.1) is 6.26 Å². The Bertz CT molecular complexity index is 403. The van der Waals surface area contributed by atoms with Crippen LogP contribution in [0.15, 0.2) is 21.6 Å². The number of furan rings is 1. The first-order valence-electron chi connectivity index (χ1n) is 6.03. The second-order valence-corrected chi connectivity index (χ2v) is 6.01. The fourth-order valence-corrected chi connectivity index (χ4v) is 2.90. The molecule has 0 aliphatic heterocycles. The van der Waals surface area contributed by atoms with E-state index in [1.165, 1.54) is 0 Å². The van der Waals surface area contributed by atoms with Crippen molar-refractivity contribution in [3.8, 4) is 0 Å². The van der Waals surface area contributed by atoms with Gasteiger partial charge in [-0.25, -0.2) is 0 Å². The molecule has 1 aromatic heterocycles. The molecule has 0 aliphatic rings. The predicted molar refractivity (Wildman–Crippen MR) is 73.1 cm³/mol. The number of carboxylic acids is 1. The minimum Gasteiger partial charge on any atom is -0.480 e. The normalized spacial score (nSPS) is 14.7. The summed E-state index contributed by atoms with van der Waals surface area (Å²) in [4.78, 5) is 12.4. The number of nitrogens with one attached hydrogen (secondary N) is 1. The quantitative estimate of drug-likeness (QED) is 0.747. The summed E-state index contributed by atoms with van der Waals surface area (Å²) in [6, 6.07) is 2.06.